The Morgan fingerprint density at radius 2 is 1.62 bits per heavy atom. The van der Waals surface area contributed by atoms with E-state index in [0.29, 0.717) is 17.3 Å². The minimum absolute atomic E-state index is 0.126. The van der Waals surface area contributed by atoms with E-state index in [1.807, 2.05) is 12.1 Å². The summed E-state index contributed by atoms with van der Waals surface area (Å²) in [6.45, 7) is 12.9. The van der Waals surface area contributed by atoms with Gasteiger partial charge in [-0.25, -0.2) is 0 Å². The van der Waals surface area contributed by atoms with Gasteiger partial charge in [-0.2, -0.15) is 0 Å². The van der Waals surface area contributed by atoms with Gasteiger partial charge in [0.15, 0.2) is 5.78 Å². The molecule has 32 heavy (non-hydrogen) atoms. The number of hydrogen-bond donors (Lipinski definition) is 2. The molecular weight excluding hydrogens is 394 g/mol. The summed E-state index contributed by atoms with van der Waals surface area (Å²) < 4.78 is 0. The van der Waals surface area contributed by atoms with Crippen LogP contribution in [0.1, 0.15) is 73.4 Å². The molecule has 0 radical (unpaired) electrons. The SMILES string of the molecule is CCc1cc(C)cc(CC)c1C1=C(O)[C@@H]2[C@H](C)[C@H](c3ccc(N)cc3C)CC(C)[C@@H]2C1=O. The van der Waals surface area contributed by atoms with Crippen LogP contribution in [0.2, 0.25) is 0 Å². The number of aryl methyl sites for hydroxylation is 4. The Morgan fingerprint density at radius 1 is 1.00 bits per heavy atom. The maximum atomic E-state index is 13.8. The highest BCUT2D eigenvalue weighted by atomic mass is 16.3. The maximum Gasteiger partial charge on any atom is 0.170 e. The van der Waals surface area contributed by atoms with Gasteiger partial charge in [0.25, 0.3) is 0 Å². The molecule has 2 aliphatic carbocycles. The molecule has 3 heteroatoms. The van der Waals surface area contributed by atoms with Crippen LogP contribution in [0.5, 0.6) is 0 Å². The van der Waals surface area contributed by atoms with Gasteiger partial charge < -0.3 is 10.8 Å². The molecule has 1 saturated carbocycles. The maximum absolute atomic E-state index is 13.8. The second kappa shape index (κ2) is 8.42. The molecule has 170 valence electrons. The number of nitrogens with two attached hydrogens (primary N) is 1. The van der Waals surface area contributed by atoms with Crippen molar-refractivity contribution in [1.82, 2.24) is 0 Å². The number of carbonyl (C=O) groups is 1. The molecule has 4 rings (SSSR count). The average Bonchev–Trinajstić information content (AvgIpc) is 3.01. The van der Waals surface area contributed by atoms with Crippen LogP contribution in [0, 0.1) is 37.5 Å². The summed E-state index contributed by atoms with van der Waals surface area (Å²) in [5, 5.41) is 11.6. The lowest BCUT2D eigenvalue weighted by Crippen LogP contribution is -2.38. The number of allylic oxidation sites excluding steroid dienone is 2. The second-order valence-electron chi connectivity index (χ2n) is 10.1. The molecule has 0 aromatic heterocycles. The molecule has 2 aliphatic rings. The highest BCUT2D eigenvalue weighted by molar-refractivity contribution is 6.25. The zero-order valence-electron chi connectivity index (χ0n) is 20.3. The van der Waals surface area contributed by atoms with E-state index in [9.17, 15) is 9.90 Å². The van der Waals surface area contributed by atoms with E-state index in [1.54, 1.807) is 0 Å². The predicted octanol–water partition coefficient (Wildman–Crippen LogP) is 6.55. The first kappa shape index (κ1) is 22.6. The van der Waals surface area contributed by atoms with Crippen LogP contribution in [-0.4, -0.2) is 10.9 Å². The van der Waals surface area contributed by atoms with Crippen LogP contribution in [0.4, 0.5) is 5.69 Å². The van der Waals surface area contributed by atoms with E-state index in [-0.39, 0.29) is 29.5 Å². The fraction of sp³-hybridized carbons (Fsp3) is 0.483. The topological polar surface area (TPSA) is 63.3 Å². The number of carbonyl (C=O) groups excluding carboxylic acids is 1. The molecule has 2 aromatic rings. The van der Waals surface area contributed by atoms with Crippen molar-refractivity contribution in [2.75, 3.05) is 5.73 Å². The molecule has 1 fully saturated rings. The summed E-state index contributed by atoms with van der Waals surface area (Å²) in [5.74, 6) is 0.903. The Balaban J connectivity index is 1.84. The third-order valence-electron chi connectivity index (χ3n) is 8.10. The number of ketones is 1. The molecule has 0 heterocycles. The number of aliphatic hydroxyl groups excluding tert-OH is 1. The average molecular weight is 432 g/mol. The monoisotopic (exact) mass is 431 g/mol. The van der Waals surface area contributed by atoms with Crippen molar-refractivity contribution in [2.24, 2.45) is 23.7 Å². The zero-order valence-corrected chi connectivity index (χ0v) is 20.3. The molecule has 0 aliphatic heterocycles. The van der Waals surface area contributed by atoms with E-state index in [2.05, 4.69) is 59.7 Å². The van der Waals surface area contributed by atoms with Gasteiger partial charge in [-0.3, -0.25) is 4.79 Å². The third-order valence-corrected chi connectivity index (χ3v) is 8.10. The van der Waals surface area contributed by atoms with E-state index < -0.39 is 0 Å². The Hall–Kier alpha value is -2.55. The predicted molar refractivity (Wildman–Crippen MR) is 133 cm³/mol. The molecule has 0 spiro atoms. The highest BCUT2D eigenvalue weighted by Crippen LogP contribution is 2.56. The number of hydrogen-bond acceptors (Lipinski definition) is 3. The Morgan fingerprint density at radius 3 is 2.19 bits per heavy atom. The first-order valence-corrected chi connectivity index (χ1v) is 12.2. The number of Topliss-reactive ketones (excluding diaryl/α,β-unsaturated/α-hetero) is 1. The highest BCUT2D eigenvalue weighted by Gasteiger charge is 2.53. The molecule has 3 nitrogen and oxygen atoms in total. The molecule has 0 bridgehead atoms. The standard InChI is InChI=1S/C29H37NO2/c1-7-19-11-15(3)12-20(8-2)26(19)27-28(31)24-17(5)14-23(18(6)25(24)29(27)32)22-10-9-21(30)13-16(22)4/h9-13,17-18,23-25,32H,7-8,14,30H2,1-6H3/t17?,18-,23-,24+,25-/m1/s1. The van der Waals surface area contributed by atoms with Crippen LogP contribution in [-0.2, 0) is 17.6 Å². The molecular formula is C29H37NO2. The van der Waals surface area contributed by atoms with E-state index in [0.717, 1.165) is 30.5 Å². The molecule has 0 saturated heterocycles. The fourth-order valence-corrected chi connectivity index (χ4v) is 6.59. The van der Waals surface area contributed by atoms with Gasteiger partial charge in [0.05, 0.1) is 5.57 Å². The summed E-state index contributed by atoms with van der Waals surface area (Å²) in [6, 6.07) is 10.5. The van der Waals surface area contributed by atoms with Gasteiger partial charge in [-0.15, -0.1) is 0 Å². The van der Waals surface area contributed by atoms with Crippen LogP contribution >= 0.6 is 0 Å². The first-order valence-electron chi connectivity index (χ1n) is 12.2. The summed E-state index contributed by atoms with van der Waals surface area (Å²) >= 11 is 0. The number of anilines is 1. The third kappa shape index (κ3) is 3.46. The van der Waals surface area contributed by atoms with E-state index >= 15 is 0 Å². The van der Waals surface area contributed by atoms with Crippen molar-refractivity contribution in [3.63, 3.8) is 0 Å². The van der Waals surface area contributed by atoms with Gasteiger partial charge >= 0.3 is 0 Å². The number of benzene rings is 2. The number of rotatable bonds is 4. The molecule has 3 N–H and O–H groups in total. The first-order chi connectivity index (χ1) is 15.2. The molecule has 2 aromatic carbocycles. The summed E-state index contributed by atoms with van der Waals surface area (Å²) in [5.41, 5.74) is 14.4. The van der Waals surface area contributed by atoms with Gasteiger partial charge in [0.2, 0.25) is 0 Å². The minimum atomic E-state index is -0.138. The largest absolute Gasteiger partial charge is 0.511 e. The van der Waals surface area contributed by atoms with Crippen molar-refractivity contribution in [1.29, 1.82) is 0 Å². The van der Waals surface area contributed by atoms with Gasteiger partial charge in [-0.1, -0.05) is 51.5 Å². The number of nitrogen functional groups attached to an aromatic ring is 1. The van der Waals surface area contributed by atoms with Crippen molar-refractivity contribution in [3.05, 3.63) is 69.5 Å². The minimum Gasteiger partial charge on any atom is -0.511 e. The summed E-state index contributed by atoms with van der Waals surface area (Å²) in [4.78, 5) is 13.8. The number of aliphatic hydroxyl groups is 1. The molecule has 1 unspecified atom stereocenters. The Labute approximate surface area is 192 Å². The number of fused-ring (bicyclic) bond motifs is 1. The van der Waals surface area contributed by atoms with Crippen molar-refractivity contribution < 1.29 is 9.90 Å². The van der Waals surface area contributed by atoms with Crippen LogP contribution < -0.4 is 5.73 Å². The quantitative estimate of drug-likeness (QED) is 0.539. The molecule has 5 atom stereocenters. The lowest BCUT2D eigenvalue weighted by atomic mass is 9.61. The Kier molecular flexibility index (Phi) is 5.96. The van der Waals surface area contributed by atoms with Crippen LogP contribution in [0.25, 0.3) is 5.57 Å². The van der Waals surface area contributed by atoms with Gasteiger partial charge in [0, 0.05) is 17.5 Å². The fourth-order valence-electron chi connectivity index (χ4n) is 6.59. The van der Waals surface area contributed by atoms with Crippen LogP contribution in [0.3, 0.4) is 0 Å². The van der Waals surface area contributed by atoms with Gasteiger partial charge in [0.1, 0.15) is 5.76 Å². The zero-order chi connectivity index (χ0) is 23.3. The Bertz CT molecular complexity index is 1070. The second-order valence-corrected chi connectivity index (χ2v) is 10.1. The smallest absolute Gasteiger partial charge is 0.170 e. The van der Waals surface area contributed by atoms with Crippen molar-refractivity contribution >= 4 is 17.0 Å². The van der Waals surface area contributed by atoms with Crippen LogP contribution in [0.15, 0.2) is 36.1 Å². The summed E-state index contributed by atoms with van der Waals surface area (Å²) in [7, 11) is 0. The normalized spacial score (nSPS) is 27.7. The summed E-state index contributed by atoms with van der Waals surface area (Å²) in [6.07, 6.45) is 2.65. The van der Waals surface area contributed by atoms with Crippen molar-refractivity contribution in [2.45, 2.75) is 66.7 Å². The van der Waals surface area contributed by atoms with Gasteiger partial charge in [-0.05, 0) is 90.8 Å². The van der Waals surface area contributed by atoms with E-state index in [4.69, 9.17) is 5.73 Å². The lowest BCUT2D eigenvalue weighted by Gasteiger charge is -2.42. The van der Waals surface area contributed by atoms with E-state index in [1.165, 1.54) is 27.8 Å². The molecule has 0 amide bonds. The lowest BCUT2D eigenvalue weighted by molar-refractivity contribution is -0.121. The van der Waals surface area contributed by atoms with Crippen molar-refractivity contribution in [3.8, 4) is 0 Å².